The summed E-state index contributed by atoms with van der Waals surface area (Å²) in [6.07, 6.45) is 0.627. The van der Waals surface area contributed by atoms with E-state index in [1.165, 1.54) is 0 Å². The highest BCUT2D eigenvalue weighted by molar-refractivity contribution is 9.10. The Balaban J connectivity index is 1.87. The molecule has 1 heterocycles. The number of carbonyl (C=O) groups excluding carboxylic acids is 1. The maximum atomic E-state index is 12.3. The van der Waals surface area contributed by atoms with Crippen molar-refractivity contribution in [2.75, 3.05) is 18.5 Å². The smallest absolute Gasteiger partial charge is 0.232 e. The van der Waals surface area contributed by atoms with Crippen LogP contribution in [0.1, 0.15) is 30.9 Å². The SMILES string of the molecule is CCOc1ccc(C[C@@H]2C(=O)Nc3ccc(Br)cc32)cc1OCC. The Bertz CT molecular complexity index is 760. The highest BCUT2D eigenvalue weighted by Crippen LogP contribution is 2.38. The van der Waals surface area contributed by atoms with Gasteiger partial charge in [-0.2, -0.15) is 0 Å². The van der Waals surface area contributed by atoms with Crippen LogP contribution in [0, 0.1) is 0 Å². The average molecular weight is 390 g/mol. The van der Waals surface area contributed by atoms with Gasteiger partial charge in [0.25, 0.3) is 0 Å². The largest absolute Gasteiger partial charge is 0.490 e. The summed E-state index contributed by atoms with van der Waals surface area (Å²) >= 11 is 3.48. The molecule has 5 heteroatoms. The number of hydrogen-bond donors (Lipinski definition) is 1. The molecule has 1 N–H and O–H groups in total. The van der Waals surface area contributed by atoms with Gasteiger partial charge in [0, 0.05) is 10.2 Å². The van der Waals surface area contributed by atoms with Crippen LogP contribution in [0.2, 0.25) is 0 Å². The summed E-state index contributed by atoms with van der Waals surface area (Å²) in [5, 5.41) is 2.95. The Morgan fingerprint density at radius 3 is 2.54 bits per heavy atom. The van der Waals surface area contributed by atoms with Crippen LogP contribution in [0.15, 0.2) is 40.9 Å². The molecular formula is C19H20BrNO3. The fourth-order valence-electron chi connectivity index (χ4n) is 2.96. The molecule has 24 heavy (non-hydrogen) atoms. The summed E-state index contributed by atoms with van der Waals surface area (Å²) in [6.45, 7) is 5.05. The first-order valence-electron chi connectivity index (χ1n) is 8.11. The van der Waals surface area contributed by atoms with Gasteiger partial charge >= 0.3 is 0 Å². The number of halogens is 1. The quantitative estimate of drug-likeness (QED) is 0.789. The van der Waals surface area contributed by atoms with Crippen LogP contribution in [0.5, 0.6) is 11.5 Å². The van der Waals surface area contributed by atoms with Gasteiger partial charge in [0.05, 0.1) is 19.1 Å². The van der Waals surface area contributed by atoms with E-state index in [-0.39, 0.29) is 11.8 Å². The third-order valence-corrected chi connectivity index (χ3v) is 4.50. The van der Waals surface area contributed by atoms with Crippen LogP contribution in [0.25, 0.3) is 0 Å². The first kappa shape index (κ1) is 16.8. The third-order valence-electron chi connectivity index (χ3n) is 4.01. The number of amides is 1. The Labute approximate surface area is 150 Å². The molecule has 2 aromatic rings. The number of nitrogens with one attached hydrogen (secondary N) is 1. The van der Waals surface area contributed by atoms with Crippen molar-refractivity contribution in [2.45, 2.75) is 26.2 Å². The van der Waals surface area contributed by atoms with E-state index in [0.29, 0.717) is 19.6 Å². The molecule has 126 valence electrons. The summed E-state index contributed by atoms with van der Waals surface area (Å²) in [4.78, 5) is 12.3. The number of carbonyl (C=O) groups is 1. The summed E-state index contributed by atoms with van der Waals surface area (Å²) in [5.41, 5.74) is 2.97. The summed E-state index contributed by atoms with van der Waals surface area (Å²) < 4.78 is 12.3. The fourth-order valence-corrected chi connectivity index (χ4v) is 3.34. The minimum atomic E-state index is -0.190. The van der Waals surface area contributed by atoms with Gasteiger partial charge in [0.15, 0.2) is 11.5 Å². The van der Waals surface area contributed by atoms with E-state index in [0.717, 1.165) is 32.8 Å². The summed E-state index contributed by atoms with van der Waals surface area (Å²) in [5.74, 6) is 1.31. The standard InChI is InChI=1S/C19H20BrNO3/c1-3-23-17-8-5-12(10-18(17)24-4-2)9-15-14-11-13(20)6-7-16(14)21-19(15)22/h5-8,10-11,15H,3-4,9H2,1-2H3,(H,21,22)/t15-/m0/s1. The molecule has 0 aliphatic carbocycles. The lowest BCUT2D eigenvalue weighted by Gasteiger charge is -2.14. The first-order chi connectivity index (χ1) is 11.6. The first-order valence-corrected chi connectivity index (χ1v) is 8.90. The topological polar surface area (TPSA) is 47.6 Å². The van der Waals surface area contributed by atoms with E-state index >= 15 is 0 Å². The van der Waals surface area contributed by atoms with E-state index in [2.05, 4.69) is 21.2 Å². The second kappa shape index (κ2) is 7.26. The van der Waals surface area contributed by atoms with Crippen molar-refractivity contribution < 1.29 is 14.3 Å². The zero-order valence-electron chi connectivity index (χ0n) is 13.8. The van der Waals surface area contributed by atoms with Crippen molar-refractivity contribution >= 4 is 27.5 Å². The molecule has 0 saturated carbocycles. The van der Waals surface area contributed by atoms with Gasteiger partial charge in [0.1, 0.15) is 0 Å². The maximum Gasteiger partial charge on any atom is 0.232 e. The number of fused-ring (bicyclic) bond motifs is 1. The lowest BCUT2D eigenvalue weighted by Crippen LogP contribution is -2.14. The van der Waals surface area contributed by atoms with Gasteiger partial charge in [-0.15, -0.1) is 0 Å². The van der Waals surface area contributed by atoms with Crippen molar-refractivity contribution in [1.82, 2.24) is 0 Å². The molecule has 4 nitrogen and oxygen atoms in total. The number of hydrogen-bond acceptors (Lipinski definition) is 3. The van der Waals surface area contributed by atoms with E-state index in [9.17, 15) is 4.79 Å². The molecular weight excluding hydrogens is 370 g/mol. The van der Waals surface area contributed by atoms with Crippen molar-refractivity contribution in [3.8, 4) is 11.5 Å². The second-order valence-electron chi connectivity index (χ2n) is 5.62. The van der Waals surface area contributed by atoms with Crippen molar-refractivity contribution in [3.05, 3.63) is 52.0 Å². The zero-order chi connectivity index (χ0) is 17.1. The van der Waals surface area contributed by atoms with Gasteiger partial charge < -0.3 is 14.8 Å². The number of ether oxygens (including phenoxy) is 2. The second-order valence-corrected chi connectivity index (χ2v) is 6.54. The third kappa shape index (κ3) is 3.41. The van der Waals surface area contributed by atoms with Gasteiger partial charge in [-0.3, -0.25) is 4.79 Å². The van der Waals surface area contributed by atoms with Gasteiger partial charge in [-0.25, -0.2) is 0 Å². The van der Waals surface area contributed by atoms with E-state index in [1.807, 2.05) is 50.2 Å². The Hall–Kier alpha value is -2.01. The molecule has 1 atom stereocenters. The molecule has 0 aromatic heterocycles. The predicted molar refractivity (Wildman–Crippen MR) is 98.0 cm³/mol. The molecule has 1 amide bonds. The summed E-state index contributed by atoms with van der Waals surface area (Å²) in [6, 6.07) is 11.8. The molecule has 0 radical (unpaired) electrons. The molecule has 0 unspecified atom stereocenters. The number of rotatable bonds is 6. The zero-order valence-corrected chi connectivity index (χ0v) is 15.4. The molecule has 0 spiro atoms. The minimum absolute atomic E-state index is 0.0370. The highest BCUT2D eigenvalue weighted by Gasteiger charge is 2.30. The molecule has 0 fully saturated rings. The van der Waals surface area contributed by atoms with Crippen LogP contribution < -0.4 is 14.8 Å². The minimum Gasteiger partial charge on any atom is -0.490 e. The van der Waals surface area contributed by atoms with Crippen LogP contribution in [0.4, 0.5) is 5.69 Å². The molecule has 0 bridgehead atoms. The van der Waals surface area contributed by atoms with Gasteiger partial charge in [-0.05, 0) is 61.7 Å². The summed E-state index contributed by atoms with van der Waals surface area (Å²) in [7, 11) is 0. The molecule has 0 saturated heterocycles. The fraction of sp³-hybridized carbons (Fsp3) is 0.316. The molecule has 3 rings (SSSR count). The van der Waals surface area contributed by atoms with Gasteiger partial charge in [0.2, 0.25) is 5.91 Å². The lowest BCUT2D eigenvalue weighted by atomic mass is 9.93. The van der Waals surface area contributed by atoms with E-state index in [1.54, 1.807) is 0 Å². The number of anilines is 1. The predicted octanol–water partition coefficient (Wildman–Crippen LogP) is 4.52. The average Bonchev–Trinajstić information content (AvgIpc) is 2.86. The van der Waals surface area contributed by atoms with Crippen LogP contribution in [-0.4, -0.2) is 19.1 Å². The normalized spacial score (nSPS) is 15.8. The van der Waals surface area contributed by atoms with E-state index in [4.69, 9.17) is 9.47 Å². The number of benzene rings is 2. The van der Waals surface area contributed by atoms with Crippen LogP contribution in [0.3, 0.4) is 0 Å². The maximum absolute atomic E-state index is 12.3. The molecule has 1 aliphatic rings. The van der Waals surface area contributed by atoms with Crippen LogP contribution in [-0.2, 0) is 11.2 Å². The highest BCUT2D eigenvalue weighted by atomic mass is 79.9. The van der Waals surface area contributed by atoms with E-state index < -0.39 is 0 Å². The van der Waals surface area contributed by atoms with Crippen LogP contribution >= 0.6 is 15.9 Å². The Morgan fingerprint density at radius 2 is 1.79 bits per heavy atom. The van der Waals surface area contributed by atoms with Crippen molar-refractivity contribution in [3.63, 3.8) is 0 Å². The van der Waals surface area contributed by atoms with Gasteiger partial charge in [-0.1, -0.05) is 22.0 Å². The Morgan fingerprint density at radius 1 is 1.04 bits per heavy atom. The Kier molecular flexibility index (Phi) is 5.09. The van der Waals surface area contributed by atoms with Crippen molar-refractivity contribution in [1.29, 1.82) is 0 Å². The molecule has 1 aliphatic heterocycles. The molecule has 2 aromatic carbocycles. The lowest BCUT2D eigenvalue weighted by molar-refractivity contribution is -0.117. The monoisotopic (exact) mass is 389 g/mol. The van der Waals surface area contributed by atoms with Crippen molar-refractivity contribution in [2.24, 2.45) is 0 Å².